The highest BCUT2D eigenvalue weighted by Crippen LogP contribution is 2.45. The van der Waals surface area contributed by atoms with Crippen molar-refractivity contribution in [3.63, 3.8) is 0 Å². The van der Waals surface area contributed by atoms with Crippen LogP contribution in [0.1, 0.15) is 31.7 Å². The van der Waals surface area contributed by atoms with E-state index >= 15 is 0 Å². The lowest BCUT2D eigenvalue weighted by molar-refractivity contribution is 0.192. The lowest BCUT2D eigenvalue weighted by Gasteiger charge is -2.34. The van der Waals surface area contributed by atoms with Crippen molar-refractivity contribution in [2.45, 2.75) is 38.8 Å². The molecule has 19 heavy (non-hydrogen) atoms. The molecule has 1 N–H and O–H groups in total. The van der Waals surface area contributed by atoms with Crippen molar-refractivity contribution in [2.24, 2.45) is 17.0 Å². The number of rotatable bonds is 4. The first-order valence-corrected chi connectivity index (χ1v) is 7.33. The molecule has 3 atom stereocenters. The van der Waals surface area contributed by atoms with Gasteiger partial charge in [0.15, 0.2) is 0 Å². The number of fused-ring (bicyclic) bond motifs is 2. The Balaban J connectivity index is 1.79. The molecule has 2 saturated carbocycles. The Morgan fingerprint density at radius 3 is 2.74 bits per heavy atom. The average molecular weight is 258 g/mol. The van der Waals surface area contributed by atoms with E-state index in [4.69, 9.17) is 0 Å². The first kappa shape index (κ1) is 12.7. The number of oxime groups is 1. The summed E-state index contributed by atoms with van der Waals surface area (Å²) in [7, 11) is 0. The number of nitrogens with zero attached hydrogens (tertiary/aromatic N) is 2. The molecule has 3 heteroatoms. The minimum atomic E-state index is 0.356. The molecule has 0 unspecified atom stereocenters. The van der Waals surface area contributed by atoms with E-state index in [9.17, 15) is 5.21 Å². The van der Waals surface area contributed by atoms with Crippen LogP contribution >= 0.6 is 0 Å². The molecule has 2 aliphatic carbocycles. The van der Waals surface area contributed by atoms with Gasteiger partial charge in [-0.1, -0.05) is 42.4 Å². The summed E-state index contributed by atoms with van der Waals surface area (Å²) >= 11 is 0. The standard InChI is InChI=1S/C16H22N2O/c1-2-18(11-12-6-4-3-5-7-12)16-14-9-8-13(10-14)15(16)17-19/h3-7,13-14,16,19H,2,8-11H2,1H3/b17-15-/t13-,14-,16-/m0/s1. The maximum absolute atomic E-state index is 9.33. The molecule has 0 heterocycles. The molecule has 3 nitrogen and oxygen atoms in total. The second-order valence-corrected chi connectivity index (χ2v) is 5.79. The van der Waals surface area contributed by atoms with Crippen LogP contribution in [-0.4, -0.2) is 28.4 Å². The monoisotopic (exact) mass is 258 g/mol. The van der Waals surface area contributed by atoms with Gasteiger partial charge < -0.3 is 5.21 Å². The second-order valence-electron chi connectivity index (χ2n) is 5.79. The van der Waals surface area contributed by atoms with Gasteiger partial charge in [0.05, 0.1) is 11.8 Å². The van der Waals surface area contributed by atoms with Crippen LogP contribution in [0.25, 0.3) is 0 Å². The molecule has 0 aliphatic heterocycles. The van der Waals surface area contributed by atoms with Crippen molar-refractivity contribution < 1.29 is 5.21 Å². The van der Waals surface area contributed by atoms with Crippen LogP contribution in [0.2, 0.25) is 0 Å². The van der Waals surface area contributed by atoms with Crippen molar-refractivity contribution >= 4 is 5.71 Å². The summed E-state index contributed by atoms with van der Waals surface area (Å²) in [5.41, 5.74) is 2.37. The zero-order chi connectivity index (χ0) is 13.2. The molecule has 2 fully saturated rings. The Morgan fingerprint density at radius 1 is 1.26 bits per heavy atom. The van der Waals surface area contributed by atoms with Gasteiger partial charge in [0, 0.05) is 12.5 Å². The molecular weight excluding hydrogens is 236 g/mol. The fourth-order valence-electron chi connectivity index (χ4n) is 3.91. The minimum Gasteiger partial charge on any atom is -0.411 e. The predicted molar refractivity (Wildman–Crippen MR) is 76.4 cm³/mol. The summed E-state index contributed by atoms with van der Waals surface area (Å²) in [6.07, 6.45) is 3.72. The lowest BCUT2D eigenvalue weighted by Crippen LogP contribution is -2.44. The van der Waals surface area contributed by atoms with Crippen LogP contribution < -0.4 is 0 Å². The Hall–Kier alpha value is -1.35. The van der Waals surface area contributed by atoms with E-state index in [0.717, 1.165) is 18.8 Å². The summed E-state index contributed by atoms with van der Waals surface area (Å²) < 4.78 is 0. The lowest BCUT2D eigenvalue weighted by atomic mass is 9.91. The molecule has 2 aliphatic rings. The van der Waals surface area contributed by atoms with Gasteiger partial charge in [0.1, 0.15) is 0 Å². The van der Waals surface area contributed by atoms with E-state index in [0.29, 0.717) is 17.9 Å². The third-order valence-electron chi connectivity index (χ3n) is 4.78. The van der Waals surface area contributed by atoms with E-state index < -0.39 is 0 Å². The Labute approximate surface area is 114 Å². The van der Waals surface area contributed by atoms with Crippen molar-refractivity contribution in [3.8, 4) is 0 Å². The largest absolute Gasteiger partial charge is 0.411 e. The van der Waals surface area contributed by atoms with Crippen molar-refractivity contribution in [2.75, 3.05) is 6.54 Å². The summed E-state index contributed by atoms with van der Waals surface area (Å²) in [6.45, 7) is 4.15. The fraction of sp³-hybridized carbons (Fsp3) is 0.562. The molecule has 1 aromatic carbocycles. The Kier molecular flexibility index (Phi) is 3.56. The van der Waals surface area contributed by atoms with Crippen LogP contribution in [-0.2, 0) is 6.54 Å². The summed E-state index contributed by atoms with van der Waals surface area (Å²) in [5, 5.41) is 13.0. The highest BCUT2D eigenvalue weighted by Gasteiger charge is 2.47. The molecule has 0 amide bonds. The molecular formula is C16H22N2O. The van der Waals surface area contributed by atoms with Crippen molar-refractivity contribution in [1.29, 1.82) is 0 Å². The third-order valence-corrected chi connectivity index (χ3v) is 4.78. The molecule has 3 rings (SSSR count). The van der Waals surface area contributed by atoms with Gasteiger partial charge in [0.2, 0.25) is 0 Å². The average Bonchev–Trinajstić information content (AvgIpc) is 3.06. The third kappa shape index (κ3) is 2.27. The van der Waals surface area contributed by atoms with E-state index in [1.807, 2.05) is 0 Å². The highest BCUT2D eigenvalue weighted by atomic mass is 16.4. The Morgan fingerprint density at radius 2 is 2.05 bits per heavy atom. The van der Waals surface area contributed by atoms with E-state index in [1.54, 1.807) is 0 Å². The maximum Gasteiger partial charge on any atom is 0.0775 e. The molecule has 0 spiro atoms. The number of hydrogen-bond donors (Lipinski definition) is 1. The predicted octanol–water partition coefficient (Wildman–Crippen LogP) is 3.14. The normalized spacial score (nSPS) is 31.5. The van der Waals surface area contributed by atoms with Gasteiger partial charge in [-0.2, -0.15) is 0 Å². The molecule has 2 bridgehead atoms. The summed E-state index contributed by atoms with van der Waals surface area (Å²) in [5.74, 6) is 1.23. The van der Waals surface area contributed by atoms with Gasteiger partial charge in [-0.3, -0.25) is 4.90 Å². The van der Waals surface area contributed by atoms with Gasteiger partial charge in [-0.25, -0.2) is 0 Å². The van der Waals surface area contributed by atoms with Gasteiger partial charge in [-0.05, 0) is 37.3 Å². The Bertz CT molecular complexity index is 457. The first-order valence-electron chi connectivity index (χ1n) is 7.33. The van der Waals surface area contributed by atoms with Crippen molar-refractivity contribution in [1.82, 2.24) is 4.90 Å². The van der Waals surface area contributed by atoms with Crippen LogP contribution in [0.15, 0.2) is 35.5 Å². The molecule has 0 aromatic heterocycles. The second kappa shape index (κ2) is 5.33. The zero-order valence-electron chi connectivity index (χ0n) is 11.5. The quantitative estimate of drug-likeness (QED) is 0.665. The van der Waals surface area contributed by atoms with Crippen LogP contribution in [0.5, 0.6) is 0 Å². The molecule has 0 radical (unpaired) electrons. The van der Waals surface area contributed by atoms with E-state index in [-0.39, 0.29) is 0 Å². The van der Waals surface area contributed by atoms with Crippen LogP contribution in [0.4, 0.5) is 0 Å². The molecule has 1 aromatic rings. The van der Waals surface area contributed by atoms with Crippen molar-refractivity contribution in [3.05, 3.63) is 35.9 Å². The van der Waals surface area contributed by atoms with Crippen LogP contribution in [0, 0.1) is 11.8 Å². The summed E-state index contributed by atoms with van der Waals surface area (Å²) in [4.78, 5) is 2.47. The molecule has 102 valence electrons. The SMILES string of the molecule is CCN(Cc1ccccc1)[C@@H]1/C(=N\O)[C@H]2CC[C@H]1C2. The smallest absolute Gasteiger partial charge is 0.0775 e. The van der Waals surface area contributed by atoms with Gasteiger partial charge in [-0.15, -0.1) is 0 Å². The zero-order valence-corrected chi connectivity index (χ0v) is 11.5. The maximum atomic E-state index is 9.33. The summed E-state index contributed by atoms with van der Waals surface area (Å²) in [6, 6.07) is 10.9. The topological polar surface area (TPSA) is 35.8 Å². The highest BCUT2D eigenvalue weighted by molar-refractivity contribution is 5.94. The van der Waals surface area contributed by atoms with E-state index in [1.165, 1.54) is 24.8 Å². The minimum absolute atomic E-state index is 0.356. The van der Waals surface area contributed by atoms with Gasteiger partial charge >= 0.3 is 0 Å². The number of hydrogen-bond acceptors (Lipinski definition) is 3. The van der Waals surface area contributed by atoms with Crippen LogP contribution in [0.3, 0.4) is 0 Å². The molecule has 0 saturated heterocycles. The first-order chi connectivity index (χ1) is 9.33. The van der Waals surface area contributed by atoms with E-state index in [2.05, 4.69) is 47.3 Å². The number of benzene rings is 1. The fourth-order valence-corrected chi connectivity index (χ4v) is 3.91. The van der Waals surface area contributed by atoms with Gasteiger partial charge in [0.25, 0.3) is 0 Å².